The molecule has 3 aromatic rings. The van der Waals surface area contributed by atoms with Gasteiger partial charge < -0.3 is 15.0 Å². The van der Waals surface area contributed by atoms with Gasteiger partial charge in [0.25, 0.3) is 0 Å². The van der Waals surface area contributed by atoms with Gasteiger partial charge in [0.15, 0.2) is 0 Å². The second-order valence-corrected chi connectivity index (χ2v) is 9.54. The summed E-state index contributed by atoms with van der Waals surface area (Å²) in [5.74, 6) is 1.43. The van der Waals surface area contributed by atoms with E-state index in [1.54, 1.807) is 22.6 Å². The fourth-order valence-electron chi connectivity index (χ4n) is 4.79. The molecule has 6 nitrogen and oxygen atoms in total. The molecule has 5 rings (SSSR count). The molecular formula is C22H30N5OS+. The lowest BCUT2D eigenvalue weighted by molar-refractivity contribution is -0.908. The number of ether oxygens (including phenoxy) is 1. The van der Waals surface area contributed by atoms with Crippen LogP contribution in [0.1, 0.15) is 49.4 Å². The molecule has 29 heavy (non-hydrogen) atoms. The minimum atomic E-state index is 0.461. The molecule has 3 aromatic heterocycles. The average molecular weight is 413 g/mol. The van der Waals surface area contributed by atoms with Crippen molar-refractivity contribution in [2.75, 3.05) is 44.7 Å². The van der Waals surface area contributed by atoms with Gasteiger partial charge in [-0.25, -0.2) is 15.0 Å². The molecule has 1 saturated heterocycles. The zero-order valence-electron chi connectivity index (χ0n) is 17.4. The number of aryl methyl sites for hydroxylation is 1. The smallest absolute Gasteiger partial charge is 0.147 e. The van der Waals surface area contributed by atoms with Crippen molar-refractivity contribution >= 4 is 37.6 Å². The molecule has 0 bridgehead atoms. The van der Waals surface area contributed by atoms with E-state index in [1.165, 1.54) is 35.2 Å². The number of nitrogens with zero attached hydrogens (tertiary/aromatic N) is 3. The summed E-state index contributed by atoms with van der Waals surface area (Å²) in [7, 11) is 0. The van der Waals surface area contributed by atoms with Crippen molar-refractivity contribution in [3.8, 4) is 0 Å². The summed E-state index contributed by atoms with van der Waals surface area (Å²) >= 11 is 1.75. The molecular weight excluding hydrogens is 382 g/mol. The van der Waals surface area contributed by atoms with Crippen LogP contribution in [0.25, 0.3) is 20.4 Å². The number of pyridine rings is 1. The number of anilines is 1. The monoisotopic (exact) mass is 412 g/mol. The van der Waals surface area contributed by atoms with Gasteiger partial charge in [-0.3, -0.25) is 0 Å². The van der Waals surface area contributed by atoms with E-state index in [9.17, 15) is 0 Å². The Morgan fingerprint density at radius 1 is 1.17 bits per heavy atom. The Labute approximate surface area is 175 Å². The van der Waals surface area contributed by atoms with Crippen LogP contribution in [0.3, 0.4) is 0 Å². The van der Waals surface area contributed by atoms with Crippen LogP contribution in [-0.4, -0.2) is 54.3 Å². The number of aromatic nitrogens is 3. The molecule has 1 aliphatic carbocycles. The van der Waals surface area contributed by atoms with Gasteiger partial charge in [-0.1, -0.05) is 13.8 Å². The third-order valence-corrected chi connectivity index (χ3v) is 7.33. The van der Waals surface area contributed by atoms with Crippen molar-refractivity contribution in [2.24, 2.45) is 0 Å². The topological polar surface area (TPSA) is 64.4 Å². The highest BCUT2D eigenvalue weighted by atomic mass is 32.1. The number of quaternary nitrogens is 1. The Kier molecular flexibility index (Phi) is 5.37. The van der Waals surface area contributed by atoms with Gasteiger partial charge >= 0.3 is 0 Å². The molecule has 1 fully saturated rings. The second kappa shape index (κ2) is 8.13. The van der Waals surface area contributed by atoms with Crippen LogP contribution in [0.4, 0.5) is 5.82 Å². The molecule has 2 N–H and O–H groups in total. The van der Waals surface area contributed by atoms with Gasteiger partial charge in [-0.05, 0) is 36.3 Å². The minimum absolute atomic E-state index is 0.461. The van der Waals surface area contributed by atoms with E-state index in [-0.39, 0.29) is 0 Å². The Morgan fingerprint density at radius 3 is 2.83 bits per heavy atom. The summed E-state index contributed by atoms with van der Waals surface area (Å²) in [6.45, 7) is 10.7. The van der Waals surface area contributed by atoms with Crippen LogP contribution in [-0.2, 0) is 17.6 Å². The molecule has 0 unspecified atom stereocenters. The second-order valence-electron chi connectivity index (χ2n) is 8.54. The molecule has 154 valence electrons. The normalized spacial score (nSPS) is 17.5. The van der Waals surface area contributed by atoms with Crippen molar-refractivity contribution in [1.29, 1.82) is 0 Å². The van der Waals surface area contributed by atoms with Gasteiger partial charge in [0.2, 0.25) is 0 Å². The van der Waals surface area contributed by atoms with Gasteiger partial charge in [0.1, 0.15) is 30.1 Å². The highest BCUT2D eigenvalue weighted by Gasteiger charge is 2.25. The van der Waals surface area contributed by atoms with Crippen LogP contribution in [0, 0.1) is 0 Å². The molecule has 0 radical (unpaired) electrons. The summed E-state index contributed by atoms with van der Waals surface area (Å²) in [6, 6.07) is 0. The molecule has 0 aromatic carbocycles. The van der Waals surface area contributed by atoms with E-state index in [1.807, 2.05) is 0 Å². The summed E-state index contributed by atoms with van der Waals surface area (Å²) in [5, 5.41) is 4.86. The van der Waals surface area contributed by atoms with E-state index in [0.717, 1.165) is 73.0 Å². The fourth-order valence-corrected chi connectivity index (χ4v) is 5.92. The van der Waals surface area contributed by atoms with Gasteiger partial charge in [0, 0.05) is 24.0 Å². The lowest BCUT2D eigenvalue weighted by Crippen LogP contribution is -3.14. The fraction of sp³-hybridized carbons (Fsp3) is 0.591. The first kappa shape index (κ1) is 19.2. The van der Waals surface area contributed by atoms with E-state index in [4.69, 9.17) is 9.72 Å². The number of hydrogen-bond donors (Lipinski definition) is 2. The highest BCUT2D eigenvalue weighted by Crippen LogP contribution is 2.42. The van der Waals surface area contributed by atoms with Gasteiger partial charge in [-0.2, -0.15) is 0 Å². The highest BCUT2D eigenvalue weighted by molar-refractivity contribution is 7.26. The Balaban J connectivity index is 1.42. The van der Waals surface area contributed by atoms with E-state index >= 15 is 0 Å². The molecule has 4 heterocycles. The van der Waals surface area contributed by atoms with Crippen LogP contribution in [0.2, 0.25) is 0 Å². The quantitative estimate of drug-likeness (QED) is 0.609. The molecule has 1 aliphatic heterocycles. The van der Waals surface area contributed by atoms with Crippen LogP contribution in [0.15, 0.2) is 6.33 Å². The van der Waals surface area contributed by atoms with Crippen molar-refractivity contribution < 1.29 is 9.64 Å². The maximum Gasteiger partial charge on any atom is 0.147 e. The lowest BCUT2D eigenvalue weighted by atomic mass is 9.99. The van der Waals surface area contributed by atoms with E-state index < -0.39 is 0 Å². The van der Waals surface area contributed by atoms with Crippen LogP contribution < -0.4 is 10.2 Å². The number of thiophene rings is 1. The molecule has 2 aliphatic rings. The SMILES string of the molecule is CC(C)c1nc2sc3c(NCCC[NH+]4CCOCC4)ncnc3c2c2c1CCC2. The Hall–Kier alpha value is -1.83. The number of morpholine rings is 1. The summed E-state index contributed by atoms with van der Waals surface area (Å²) in [5.41, 5.74) is 5.34. The summed E-state index contributed by atoms with van der Waals surface area (Å²) in [4.78, 5) is 17.1. The summed E-state index contributed by atoms with van der Waals surface area (Å²) < 4.78 is 6.61. The van der Waals surface area contributed by atoms with Crippen molar-refractivity contribution in [2.45, 2.75) is 45.4 Å². The maximum atomic E-state index is 5.45. The van der Waals surface area contributed by atoms with E-state index in [0.29, 0.717) is 5.92 Å². The molecule has 7 heteroatoms. The zero-order chi connectivity index (χ0) is 19.8. The van der Waals surface area contributed by atoms with Crippen molar-refractivity contribution in [1.82, 2.24) is 15.0 Å². The zero-order valence-corrected chi connectivity index (χ0v) is 18.2. The third kappa shape index (κ3) is 3.60. The number of hydrogen-bond acceptors (Lipinski definition) is 6. The maximum absolute atomic E-state index is 5.45. The first-order valence-electron chi connectivity index (χ1n) is 11.0. The largest absolute Gasteiger partial charge is 0.370 e. The number of rotatable bonds is 6. The molecule has 0 amide bonds. The van der Waals surface area contributed by atoms with Gasteiger partial charge in [0.05, 0.1) is 30.0 Å². The first-order chi connectivity index (χ1) is 14.2. The van der Waals surface area contributed by atoms with Crippen molar-refractivity contribution in [3.63, 3.8) is 0 Å². The van der Waals surface area contributed by atoms with Gasteiger partial charge in [-0.15, -0.1) is 11.3 Å². The number of nitrogens with one attached hydrogen (secondary N) is 2. The summed E-state index contributed by atoms with van der Waals surface area (Å²) in [6.07, 6.45) is 6.38. The first-order valence-corrected chi connectivity index (χ1v) is 11.8. The molecule has 0 atom stereocenters. The predicted octanol–water partition coefficient (Wildman–Crippen LogP) is 2.57. The van der Waals surface area contributed by atoms with Crippen LogP contribution >= 0.6 is 11.3 Å². The molecule has 0 spiro atoms. The average Bonchev–Trinajstić information content (AvgIpc) is 3.35. The lowest BCUT2D eigenvalue weighted by Gasteiger charge is -2.23. The minimum Gasteiger partial charge on any atom is -0.370 e. The molecule has 0 saturated carbocycles. The van der Waals surface area contributed by atoms with Crippen molar-refractivity contribution in [3.05, 3.63) is 23.1 Å². The predicted molar refractivity (Wildman–Crippen MR) is 118 cm³/mol. The standard InChI is InChI=1S/C22H29N5OS/c1-14(2)18-16-6-3-5-15(16)17-19-20(29-22(17)26-18)21(25-13-24-19)23-7-4-8-27-9-11-28-12-10-27/h13-14H,3-12H2,1-2H3,(H,23,24,25)/p+1. The van der Waals surface area contributed by atoms with Crippen LogP contribution in [0.5, 0.6) is 0 Å². The number of fused-ring (bicyclic) bond motifs is 5. The third-order valence-electron chi connectivity index (χ3n) is 6.25. The Morgan fingerprint density at radius 2 is 2.00 bits per heavy atom. The Bertz CT molecular complexity index is 1030. The van der Waals surface area contributed by atoms with E-state index in [2.05, 4.69) is 29.1 Å².